The number of nitrogens with zero attached hydrogens (tertiary/aromatic N) is 1. The van der Waals surface area contributed by atoms with Gasteiger partial charge in [-0.2, -0.15) is 0 Å². The fourth-order valence-electron chi connectivity index (χ4n) is 3.17. The van der Waals surface area contributed by atoms with Gasteiger partial charge in [-0.25, -0.2) is 9.37 Å². The van der Waals surface area contributed by atoms with Gasteiger partial charge < -0.3 is 10.6 Å². The highest BCUT2D eigenvalue weighted by molar-refractivity contribution is 7.09. The van der Waals surface area contributed by atoms with Crippen molar-refractivity contribution < 1.29 is 14.0 Å². The van der Waals surface area contributed by atoms with E-state index >= 15 is 0 Å². The van der Waals surface area contributed by atoms with E-state index < -0.39 is 5.82 Å². The van der Waals surface area contributed by atoms with Crippen molar-refractivity contribution in [3.8, 4) is 0 Å². The van der Waals surface area contributed by atoms with Gasteiger partial charge in [0.1, 0.15) is 16.5 Å². The fourth-order valence-corrected chi connectivity index (χ4v) is 4.03. The lowest BCUT2D eigenvalue weighted by molar-refractivity contribution is 0.0911. The van der Waals surface area contributed by atoms with Crippen LogP contribution in [0.15, 0.2) is 23.6 Å². The average Bonchev–Trinajstić information content (AvgIpc) is 3.06. The van der Waals surface area contributed by atoms with E-state index in [0.29, 0.717) is 28.6 Å². The van der Waals surface area contributed by atoms with Gasteiger partial charge >= 0.3 is 0 Å². The number of hydrogen-bond donors (Lipinski definition) is 2. The Morgan fingerprint density at radius 2 is 2.00 bits per heavy atom. The van der Waals surface area contributed by atoms with Crippen molar-refractivity contribution in [3.63, 3.8) is 0 Å². The summed E-state index contributed by atoms with van der Waals surface area (Å²) in [6, 6.07) is 4.19. The minimum Gasteiger partial charge on any atom is -0.348 e. The van der Waals surface area contributed by atoms with Crippen LogP contribution in [0.3, 0.4) is 0 Å². The molecule has 1 heterocycles. The standard InChI is InChI=1S/C21H26FN3O2S/c1-12(2)7-17(24-19(26)14-8-13(3)9-15(22)10-14)21-25-18(11-28-21)20(27)23-16-5-4-6-16/h8-12,16-17H,4-7H2,1-3H3,(H,23,27)(H,24,26)/t17-/m1/s1. The lowest BCUT2D eigenvalue weighted by atomic mass is 9.93. The highest BCUT2D eigenvalue weighted by atomic mass is 32.1. The van der Waals surface area contributed by atoms with Crippen molar-refractivity contribution >= 4 is 23.2 Å². The molecular formula is C21H26FN3O2S. The van der Waals surface area contributed by atoms with E-state index in [0.717, 1.165) is 19.3 Å². The van der Waals surface area contributed by atoms with Crippen LogP contribution in [-0.2, 0) is 0 Å². The Morgan fingerprint density at radius 1 is 1.25 bits per heavy atom. The van der Waals surface area contributed by atoms with Crippen molar-refractivity contribution in [1.29, 1.82) is 0 Å². The molecule has 7 heteroatoms. The Hall–Kier alpha value is -2.28. The van der Waals surface area contributed by atoms with E-state index in [2.05, 4.69) is 29.5 Å². The van der Waals surface area contributed by atoms with Gasteiger partial charge in [-0.1, -0.05) is 13.8 Å². The Balaban J connectivity index is 1.74. The molecule has 2 amide bonds. The maximum absolute atomic E-state index is 13.7. The molecule has 0 unspecified atom stereocenters. The number of aryl methyl sites for hydroxylation is 1. The Morgan fingerprint density at radius 3 is 2.61 bits per heavy atom. The number of rotatable bonds is 7. The fraction of sp³-hybridized carbons (Fsp3) is 0.476. The highest BCUT2D eigenvalue weighted by Gasteiger charge is 2.24. The minimum atomic E-state index is -0.435. The normalized spacial score (nSPS) is 15.2. The minimum absolute atomic E-state index is 0.164. The maximum Gasteiger partial charge on any atom is 0.270 e. The zero-order chi connectivity index (χ0) is 20.3. The van der Waals surface area contributed by atoms with Crippen molar-refractivity contribution in [2.45, 2.75) is 58.5 Å². The number of carbonyl (C=O) groups is 2. The molecule has 0 spiro atoms. The highest BCUT2D eigenvalue weighted by Crippen LogP contribution is 2.26. The summed E-state index contributed by atoms with van der Waals surface area (Å²) in [6.07, 6.45) is 3.86. The largest absolute Gasteiger partial charge is 0.348 e. The second kappa shape index (κ2) is 8.82. The predicted octanol–water partition coefficient (Wildman–Crippen LogP) is 4.39. The third-order valence-electron chi connectivity index (χ3n) is 4.81. The van der Waals surface area contributed by atoms with Crippen LogP contribution in [0.4, 0.5) is 4.39 Å². The van der Waals surface area contributed by atoms with Gasteiger partial charge in [-0.05, 0) is 62.3 Å². The number of hydrogen-bond acceptors (Lipinski definition) is 4. The monoisotopic (exact) mass is 403 g/mol. The molecule has 150 valence electrons. The van der Waals surface area contributed by atoms with E-state index in [-0.39, 0.29) is 29.5 Å². The van der Waals surface area contributed by atoms with E-state index in [1.165, 1.54) is 23.5 Å². The molecule has 1 fully saturated rings. The first kappa shape index (κ1) is 20.5. The molecular weight excluding hydrogens is 377 g/mol. The van der Waals surface area contributed by atoms with E-state index in [4.69, 9.17) is 0 Å². The Labute approximate surface area is 168 Å². The summed E-state index contributed by atoms with van der Waals surface area (Å²) in [5.74, 6) is -0.628. The van der Waals surface area contributed by atoms with Gasteiger partial charge in [0.25, 0.3) is 11.8 Å². The summed E-state index contributed by atoms with van der Waals surface area (Å²) in [5.41, 5.74) is 1.36. The van der Waals surface area contributed by atoms with Crippen LogP contribution in [0, 0.1) is 18.7 Å². The second-order valence-corrected chi connectivity index (χ2v) is 8.73. The van der Waals surface area contributed by atoms with Crippen molar-refractivity contribution in [2.75, 3.05) is 0 Å². The lowest BCUT2D eigenvalue weighted by Crippen LogP contribution is -2.39. The molecule has 2 N–H and O–H groups in total. The molecule has 0 radical (unpaired) electrons. The SMILES string of the molecule is Cc1cc(F)cc(C(=O)N[C@H](CC(C)C)c2nc(C(=O)NC3CCC3)cs2)c1. The molecule has 0 saturated heterocycles. The lowest BCUT2D eigenvalue weighted by Gasteiger charge is -2.25. The Kier molecular flexibility index (Phi) is 6.44. The second-order valence-electron chi connectivity index (χ2n) is 7.85. The molecule has 0 bridgehead atoms. The summed E-state index contributed by atoms with van der Waals surface area (Å²) in [7, 11) is 0. The molecule has 1 aliphatic carbocycles. The van der Waals surface area contributed by atoms with Crippen molar-refractivity contribution in [3.05, 3.63) is 51.2 Å². The maximum atomic E-state index is 13.7. The number of nitrogens with one attached hydrogen (secondary N) is 2. The quantitative estimate of drug-likeness (QED) is 0.720. The first-order valence-corrected chi connectivity index (χ1v) is 10.5. The summed E-state index contributed by atoms with van der Waals surface area (Å²) >= 11 is 1.36. The van der Waals surface area contributed by atoms with Gasteiger partial charge in [-0.15, -0.1) is 11.3 Å². The summed E-state index contributed by atoms with van der Waals surface area (Å²) < 4.78 is 13.7. The molecule has 1 atom stereocenters. The molecule has 5 nitrogen and oxygen atoms in total. The molecule has 1 aromatic carbocycles. The van der Waals surface area contributed by atoms with E-state index in [1.54, 1.807) is 18.4 Å². The molecule has 0 aliphatic heterocycles. The molecule has 1 saturated carbocycles. The van der Waals surface area contributed by atoms with E-state index in [9.17, 15) is 14.0 Å². The first-order chi connectivity index (χ1) is 13.3. The van der Waals surface area contributed by atoms with Crippen LogP contribution in [-0.4, -0.2) is 22.8 Å². The molecule has 3 rings (SSSR count). The number of halogens is 1. The summed E-state index contributed by atoms with van der Waals surface area (Å²) in [4.78, 5) is 29.5. The van der Waals surface area contributed by atoms with Crippen LogP contribution >= 0.6 is 11.3 Å². The number of thiazole rings is 1. The van der Waals surface area contributed by atoms with Gasteiger partial charge in [0, 0.05) is 17.0 Å². The number of aromatic nitrogens is 1. The third-order valence-corrected chi connectivity index (χ3v) is 5.77. The third kappa shape index (κ3) is 5.16. The number of benzene rings is 1. The number of amides is 2. The zero-order valence-corrected chi connectivity index (χ0v) is 17.2. The Bertz CT molecular complexity index is 841. The van der Waals surface area contributed by atoms with Crippen LogP contribution < -0.4 is 10.6 Å². The smallest absolute Gasteiger partial charge is 0.270 e. The van der Waals surface area contributed by atoms with Crippen LogP contribution in [0.1, 0.15) is 77.0 Å². The molecule has 28 heavy (non-hydrogen) atoms. The predicted molar refractivity (Wildman–Crippen MR) is 108 cm³/mol. The van der Waals surface area contributed by atoms with Crippen LogP contribution in [0.25, 0.3) is 0 Å². The molecule has 2 aromatic rings. The zero-order valence-electron chi connectivity index (χ0n) is 16.4. The van der Waals surface area contributed by atoms with Gasteiger partial charge in [0.15, 0.2) is 0 Å². The summed E-state index contributed by atoms with van der Waals surface area (Å²) in [6.45, 7) is 5.87. The molecule has 1 aliphatic rings. The average molecular weight is 404 g/mol. The topological polar surface area (TPSA) is 71.1 Å². The van der Waals surface area contributed by atoms with Gasteiger partial charge in [-0.3, -0.25) is 9.59 Å². The number of carbonyl (C=O) groups excluding carboxylic acids is 2. The van der Waals surface area contributed by atoms with E-state index in [1.807, 2.05) is 0 Å². The van der Waals surface area contributed by atoms with Crippen molar-refractivity contribution in [1.82, 2.24) is 15.6 Å². The first-order valence-electron chi connectivity index (χ1n) is 9.66. The van der Waals surface area contributed by atoms with Crippen molar-refractivity contribution in [2.24, 2.45) is 5.92 Å². The molecule has 1 aromatic heterocycles. The van der Waals surface area contributed by atoms with Gasteiger partial charge in [0.05, 0.1) is 6.04 Å². The van der Waals surface area contributed by atoms with Gasteiger partial charge in [0.2, 0.25) is 0 Å². The van der Waals surface area contributed by atoms with Crippen LogP contribution in [0.2, 0.25) is 0 Å². The summed E-state index contributed by atoms with van der Waals surface area (Å²) in [5, 5.41) is 8.36. The van der Waals surface area contributed by atoms with Crippen LogP contribution in [0.5, 0.6) is 0 Å².